The second-order valence-electron chi connectivity index (χ2n) is 7.87. The molecule has 1 N–H and O–H groups in total. The largest absolute Gasteiger partial charge is 0.496 e. The molecule has 0 spiro atoms. The number of amides is 1. The highest BCUT2D eigenvalue weighted by Crippen LogP contribution is 2.40. The summed E-state index contributed by atoms with van der Waals surface area (Å²) in [7, 11) is 1.61. The summed E-state index contributed by atoms with van der Waals surface area (Å²) in [5, 5.41) is 3.37. The van der Waals surface area contributed by atoms with Crippen LogP contribution in [0.4, 0.5) is 8.78 Å². The summed E-state index contributed by atoms with van der Waals surface area (Å²) in [6.07, 6.45) is 3.04. The maximum atomic E-state index is 13.9. The fourth-order valence-electron chi connectivity index (χ4n) is 3.92. The lowest BCUT2D eigenvalue weighted by atomic mass is 9.98. The van der Waals surface area contributed by atoms with Crippen molar-refractivity contribution >= 4 is 22.4 Å². The van der Waals surface area contributed by atoms with E-state index >= 15 is 0 Å². The maximum absolute atomic E-state index is 13.9. The standard InChI is InChI=1S/C28H25F2NO4/c1-4-34-26-14-27-20(22(16-35-27)18-8-5-6-11-25(18)33-3)13-19(26)17(2)12-28(32)31-15-21-23(29)9-7-10-24(21)30/h5-14,16H,4,15H2,1-3H3,(H,31,32)/b17-12+. The highest BCUT2D eigenvalue weighted by molar-refractivity contribution is 6.01. The van der Waals surface area contributed by atoms with Gasteiger partial charge in [-0.2, -0.15) is 0 Å². The fourth-order valence-corrected chi connectivity index (χ4v) is 3.92. The van der Waals surface area contributed by atoms with Crippen molar-refractivity contribution < 1.29 is 27.5 Å². The van der Waals surface area contributed by atoms with Crippen LogP contribution in [0.25, 0.3) is 27.7 Å². The lowest BCUT2D eigenvalue weighted by Crippen LogP contribution is -2.22. The number of hydrogen-bond acceptors (Lipinski definition) is 4. The molecule has 7 heteroatoms. The van der Waals surface area contributed by atoms with E-state index in [2.05, 4.69) is 5.32 Å². The van der Waals surface area contributed by atoms with Gasteiger partial charge in [-0.05, 0) is 43.7 Å². The normalized spacial score (nSPS) is 11.5. The first-order valence-corrected chi connectivity index (χ1v) is 11.1. The molecule has 35 heavy (non-hydrogen) atoms. The lowest BCUT2D eigenvalue weighted by Gasteiger charge is -2.12. The van der Waals surface area contributed by atoms with Crippen molar-refractivity contribution in [1.82, 2.24) is 5.32 Å². The molecule has 0 saturated carbocycles. The summed E-state index contributed by atoms with van der Waals surface area (Å²) < 4.78 is 44.9. The minimum atomic E-state index is -0.709. The van der Waals surface area contributed by atoms with Crippen molar-refractivity contribution in [3.63, 3.8) is 0 Å². The quantitative estimate of drug-likeness (QED) is 0.294. The SMILES string of the molecule is CCOc1cc2occ(-c3ccccc3OC)c2cc1/C(C)=C/C(=O)NCc1c(F)cccc1F. The molecule has 0 saturated heterocycles. The first kappa shape index (κ1) is 24.0. The molecule has 0 aliphatic carbocycles. The van der Waals surface area contributed by atoms with Crippen LogP contribution in [-0.4, -0.2) is 19.6 Å². The van der Waals surface area contributed by atoms with Crippen LogP contribution in [0.1, 0.15) is 25.0 Å². The van der Waals surface area contributed by atoms with E-state index in [1.165, 1.54) is 12.1 Å². The summed E-state index contributed by atoms with van der Waals surface area (Å²) in [6.45, 7) is 3.80. The van der Waals surface area contributed by atoms with E-state index in [-0.39, 0.29) is 12.1 Å². The average Bonchev–Trinajstić information content (AvgIpc) is 3.26. The maximum Gasteiger partial charge on any atom is 0.244 e. The van der Waals surface area contributed by atoms with Gasteiger partial charge in [0.2, 0.25) is 5.91 Å². The van der Waals surface area contributed by atoms with Gasteiger partial charge in [-0.1, -0.05) is 24.3 Å². The molecule has 180 valence electrons. The van der Waals surface area contributed by atoms with Gasteiger partial charge in [0.15, 0.2) is 0 Å². The van der Waals surface area contributed by atoms with Crippen LogP contribution in [0.5, 0.6) is 11.5 Å². The molecule has 0 atom stereocenters. The second kappa shape index (κ2) is 10.4. The van der Waals surface area contributed by atoms with Gasteiger partial charge in [0.25, 0.3) is 0 Å². The number of furan rings is 1. The van der Waals surface area contributed by atoms with E-state index in [0.29, 0.717) is 34.8 Å². The van der Waals surface area contributed by atoms with E-state index in [4.69, 9.17) is 13.9 Å². The number of carbonyl (C=O) groups excluding carboxylic acids is 1. The van der Waals surface area contributed by atoms with Crippen LogP contribution in [0.15, 0.2) is 71.4 Å². The number of fused-ring (bicyclic) bond motifs is 1. The van der Waals surface area contributed by atoms with Crippen molar-refractivity contribution in [1.29, 1.82) is 0 Å². The van der Waals surface area contributed by atoms with Crippen LogP contribution in [-0.2, 0) is 11.3 Å². The van der Waals surface area contributed by atoms with E-state index in [0.717, 1.165) is 28.6 Å². The summed E-state index contributed by atoms with van der Waals surface area (Å²) in [5.41, 5.74) is 3.47. The number of hydrogen-bond donors (Lipinski definition) is 1. The third-order valence-electron chi connectivity index (χ3n) is 5.65. The van der Waals surface area contributed by atoms with Crippen LogP contribution in [0, 0.1) is 11.6 Å². The van der Waals surface area contributed by atoms with Gasteiger partial charge in [0.05, 0.1) is 20.0 Å². The van der Waals surface area contributed by atoms with Gasteiger partial charge in [-0.25, -0.2) is 8.78 Å². The third kappa shape index (κ3) is 5.04. The molecule has 1 heterocycles. The highest BCUT2D eigenvalue weighted by Gasteiger charge is 2.17. The molecule has 0 aliphatic rings. The third-order valence-corrected chi connectivity index (χ3v) is 5.65. The molecule has 1 aromatic heterocycles. The summed E-state index contributed by atoms with van der Waals surface area (Å²) >= 11 is 0. The zero-order valence-electron chi connectivity index (χ0n) is 19.7. The Morgan fingerprint density at radius 3 is 2.49 bits per heavy atom. The monoisotopic (exact) mass is 477 g/mol. The molecular weight excluding hydrogens is 452 g/mol. The Hall–Kier alpha value is -4.13. The molecule has 0 fully saturated rings. The van der Waals surface area contributed by atoms with Gasteiger partial charge in [-0.15, -0.1) is 0 Å². The van der Waals surface area contributed by atoms with Crippen molar-refractivity contribution in [2.75, 3.05) is 13.7 Å². The van der Waals surface area contributed by atoms with Gasteiger partial charge in [0, 0.05) is 46.3 Å². The van der Waals surface area contributed by atoms with Crippen molar-refractivity contribution in [2.24, 2.45) is 0 Å². The molecule has 5 nitrogen and oxygen atoms in total. The van der Waals surface area contributed by atoms with E-state index in [1.807, 2.05) is 37.3 Å². The van der Waals surface area contributed by atoms with Gasteiger partial charge >= 0.3 is 0 Å². The number of nitrogens with one attached hydrogen (secondary N) is 1. The Morgan fingerprint density at radius 1 is 1.03 bits per heavy atom. The van der Waals surface area contributed by atoms with Crippen LogP contribution < -0.4 is 14.8 Å². The molecular formula is C28H25F2NO4. The number of halogens is 2. The predicted molar refractivity (Wildman–Crippen MR) is 131 cm³/mol. The summed E-state index contributed by atoms with van der Waals surface area (Å²) in [4.78, 5) is 12.6. The van der Waals surface area contributed by atoms with Crippen molar-refractivity contribution in [3.05, 3.63) is 89.7 Å². The summed E-state index contributed by atoms with van der Waals surface area (Å²) in [6, 6.07) is 14.9. The zero-order valence-corrected chi connectivity index (χ0v) is 19.7. The smallest absolute Gasteiger partial charge is 0.244 e. The Bertz CT molecular complexity index is 1390. The minimum absolute atomic E-state index is 0.192. The van der Waals surface area contributed by atoms with Crippen LogP contribution in [0.3, 0.4) is 0 Å². The van der Waals surface area contributed by atoms with Gasteiger partial charge in [0.1, 0.15) is 28.7 Å². The molecule has 0 aliphatic heterocycles. The topological polar surface area (TPSA) is 60.7 Å². The first-order valence-electron chi connectivity index (χ1n) is 11.1. The predicted octanol–water partition coefficient (Wildman–Crippen LogP) is 6.51. The fraction of sp³-hybridized carbons (Fsp3) is 0.179. The Morgan fingerprint density at radius 2 is 1.77 bits per heavy atom. The number of methoxy groups -OCH3 is 1. The second-order valence-corrected chi connectivity index (χ2v) is 7.87. The zero-order chi connectivity index (χ0) is 24.9. The Balaban J connectivity index is 1.69. The van der Waals surface area contributed by atoms with Crippen molar-refractivity contribution in [3.8, 4) is 22.6 Å². The first-order chi connectivity index (χ1) is 16.9. The number of para-hydroxylation sites is 1. The molecule has 1 amide bonds. The number of benzene rings is 3. The Labute approximate surface area is 202 Å². The molecule has 3 aromatic carbocycles. The Kier molecular flexibility index (Phi) is 7.15. The molecule has 4 aromatic rings. The van der Waals surface area contributed by atoms with Gasteiger partial charge in [-0.3, -0.25) is 4.79 Å². The number of carbonyl (C=O) groups is 1. The molecule has 0 radical (unpaired) electrons. The van der Waals surface area contributed by atoms with Crippen molar-refractivity contribution in [2.45, 2.75) is 20.4 Å². The van der Waals surface area contributed by atoms with E-state index in [1.54, 1.807) is 26.4 Å². The summed E-state index contributed by atoms with van der Waals surface area (Å²) in [5.74, 6) is -0.636. The number of allylic oxidation sites excluding steroid dienone is 1. The highest BCUT2D eigenvalue weighted by atomic mass is 19.1. The molecule has 4 rings (SSSR count). The average molecular weight is 478 g/mol. The van der Waals surface area contributed by atoms with Gasteiger partial charge < -0.3 is 19.2 Å². The number of ether oxygens (including phenoxy) is 2. The van der Waals surface area contributed by atoms with E-state index in [9.17, 15) is 13.6 Å². The minimum Gasteiger partial charge on any atom is -0.496 e. The van der Waals surface area contributed by atoms with E-state index < -0.39 is 17.5 Å². The molecule has 0 unspecified atom stereocenters. The number of rotatable bonds is 8. The molecule has 0 bridgehead atoms. The lowest BCUT2D eigenvalue weighted by molar-refractivity contribution is -0.116. The van der Waals surface area contributed by atoms with Crippen LogP contribution in [0.2, 0.25) is 0 Å². The van der Waals surface area contributed by atoms with Crippen LogP contribution >= 0.6 is 0 Å².